The number of rotatable bonds is 10. The maximum atomic E-state index is 14.4. The smallest absolute Gasteiger partial charge is 0.396 e. The van der Waals surface area contributed by atoms with Crippen molar-refractivity contribution in [3.05, 3.63) is 88.2 Å². The van der Waals surface area contributed by atoms with Crippen molar-refractivity contribution in [3.63, 3.8) is 0 Å². The van der Waals surface area contributed by atoms with Crippen molar-refractivity contribution in [1.82, 2.24) is 24.5 Å². The van der Waals surface area contributed by atoms with Crippen LogP contribution in [0, 0.1) is 12.3 Å². The number of halogens is 3. The molecule has 2 saturated heterocycles. The van der Waals surface area contributed by atoms with Crippen LogP contribution < -0.4 is 0 Å². The molecule has 1 aromatic heterocycles. The van der Waals surface area contributed by atoms with Gasteiger partial charge in [0.05, 0.1) is 41.3 Å². The number of fused-ring (bicyclic) bond motifs is 1. The van der Waals surface area contributed by atoms with Crippen molar-refractivity contribution >= 4 is 11.9 Å². The lowest BCUT2D eigenvalue weighted by atomic mass is 9.77. The van der Waals surface area contributed by atoms with Crippen LogP contribution in [0.1, 0.15) is 78.7 Å². The Bertz CT molecular complexity index is 1570. The molecule has 3 heterocycles. The number of amides is 3. The van der Waals surface area contributed by atoms with E-state index in [0.717, 1.165) is 23.3 Å². The summed E-state index contributed by atoms with van der Waals surface area (Å²) in [5, 5.41) is 24.6. The number of piperazine rings is 1. The van der Waals surface area contributed by atoms with E-state index in [4.69, 9.17) is 5.10 Å². The van der Waals surface area contributed by atoms with Crippen LogP contribution in [0.15, 0.2) is 54.7 Å². The summed E-state index contributed by atoms with van der Waals surface area (Å²) < 4.78 is 43.2. The van der Waals surface area contributed by atoms with E-state index >= 15 is 0 Å². The highest BCUT2D eigenvalue weighted by Gasteiger charge is 2.56. The van der Waals surface area contributed by atoms with Gasteiger partial charge in [-0.1, -0.05) is 43.3 Å². The first-order chi connectivity index (χ1) is 22.3. The van der Waals surface area contributed by atoms with Gasteiger partial charge in [0.15, 0.2) is 0 Å². The Balaban J connectivity index is 1.53. The Morgan fingerprint density at radius 3 is 2.38 bits per heavy atom. The number of aliphatic hydroxyl groups is 2. The van der Waals surface area contributed by atoms with Crippen LogP contribution in [0.3, 0.4) is 0 Å². The zero-order valence-corrected chi connectivity index (χ0v) is 27.4. The van der Waals surface area contributed by atoms with Crippen LogP contribution in [0.4, 0.5) is 18.0 Å². The number of aryl methyl sites for hydroxylation is 2. The molecule has 254 valence electrons. The van der Waals surface area contributed by atoms with Gasteiger partial charge in [-0.15, -0.1) is 0 Å². The van der Waals surface area contributed by atoms with Crippen molar-refractivity contribution in [3.8, 4) is 0 Å². The summed E-state index contributed by atoms with van der Waals surface area (Å²) in [6, 6.07) is 11.7. The van der Waals surface area contributed by atoms with Crippen LogP contribution in [0.25, 0.3) is 0 Å². The van der Waals surface area contributed by atoms with Crippen LogP contribution in [0.2, 0.25) is 0 Å². The fraction of sp³-hybridized carbons (Fsp3) is 0.514. The highest BCUT2D eigenvalue weighted by atomic mass is 19.4. The number of hydrogen-bond acceptors (Lipinski definition) is 5. The standard InChI is InChI=1S/C35H44F3N5O4/c1-5-25-17-27(19-28(18-25)35(36,37)38)24(3)40(4)33(47)43-14-13-42-30(20-34(11-15-44,12-16-45)32(42)46)31(43)29-22-41(39-23(29)2)21-26-9-7-6-8-10-26/h6-10,17-19,22,24,30-31,44-45H,5,11-16,20-21H2,1-4H3/t24-,30+,31+/m1/s1. The van der Waals surface area contributed by atoms with E-state index < -0.39 is 35.3 Å². The first-order valence-corrected chi connectivity index (χ1v) is 16.2. The van der Waals surface area contributed by atoms with E-state index in [2.05, 4.69) is 0 Å². The Hall–Kier alpha value is -3.90. The minimum atomic E-state index is -4.52. The van der Waals surface area contributed by atoms with Crippen molar-refractivity contribution < 1.29 is 33.0 Å². The summed E-state index contributed by atoms with van der Waals surface area (Å²) >= 11 is 0. The van der Waals surface area contributed by atoms with Gasteiger partial charge in [-0.3, -0.25) is 9.48 Å². The molecule has 5 rings (SSSR count). The van der Waals surface area contributed by atoms with Crippen molar-refractivity contribution in [2.24, 2.45) is 5.41 Å². The van der Waals surface area contributed by atoms with Gasteiger partial charge in [-0.25, -0.2) is 4.79 Å². The average molecular weight is 656 g/mol. The van der Waals surface area contributed by atoms with Crippen LogP contribution in [0.5, 0.6) is 0 Å². The fourth-order valence-corrected chi connectivity index (χ4v) is 7.32. The van der Waals surface area contributed by atoms with E-state index in [1.54, 1.807) is 36.8 Å². The van der Waals surface area contributed by atoms with Gasteiger partial charge >= 0.3 is 12.2 Å². The highest BCUT2D eigenvalue weighted by Crippen LogP contribution is 2.49. The first-order valence-electron chi connectivity index (χ1n) is 16.2. The normalized spacial score (nSPS) is 20.0. The average Bonchev–Trinajstić information content (AvgIpc) is 3.54. The molecule has 3 aromatic rings. The quantitative estimate of drug-likeness (QED) is 0.307. The second-order valence-electron chi connectivity index (χ2n) is 12.9. The van der Waals surface area contributed by atoms with E-state index in [1.165, 1.54) is 4.90 Å². The number of aromatic nitrogens is 2. The number of benzene rings is 2. The third-order valence-electron chi connectivity index (χ3n) is 10.0. The van der Waals surface area contributed by atoms with Crippen LogP contribution in [-0.4, -0.2) is 86.0 Å². The molecule has 9 nitrogen and oxygen atoms in total. The van der Waals surface area contributed by atoms with Crippen LogP contribution >= 0.6 is 0 Å². The molecule has 2 aliphatic rings. The first kappa shape index (κ1) is 34.4. The summed E-state index contributed by atoms with van der Waals surface area (Å²) in [5.41, 5.74) is 1.71. The van der Waals surface area contributed by atoms with Gasteiger partial charge in [-0.2, -0.15) is 18.3 Å². The highest BCUT2D eigenvalue weighted by molar-refractivity contribution is 5.86. The largest absolute Gasteiger partial charge is 0.416 e. The lowest BCUT2D eigenvalue weighted by Crippen LogP contribution is -2.57. The number of urea groups is 1. The van der Waals surface area contributed by atoms with E-state index in [1.807, 2.05) is 48.1 Å². The van der Waals surface area contributed by atoms with E-state index in [-0.39, 0.29) is 51.1 Å². The fourth-order valence-electron chi connectivity index (χ4n) is 7.32. The molecule has 2 N–H and O–H groups in total. The Labute approximate surface area is 273 Å². The van der Waals surface area contributed by atoms with Crippen LogP contribution in [-0.2, 0) is 23.9 Å². The minimum absolute atomic E-state index is 0.144. The molecule has 12 heteroatoms. The topological polar surface area (TPSA) is 102 Å². The number of aliphatic hydroxyl groups excluding tert-OH is 2. The lowest BCUT2D eigenvalue weighted by molar-refractivity contribution is -0.140. The van der Waals surface area contributed by atoms with Gasteiger partial charge in [-0.05, 0) is 68.4 Å². The van der Waals surface area contributed by atoms with Crippen molar-refractivity contribution in [2.45, 2.75) is 77.3 Å². The molecule has 0 radical (unpaired) electrons. The van der Waals surface area contributed by atoms with E-state index in [9.17, 15) is 33.0 Å². The van der Waals surface area contributed by atoms with Gasteiger partial charge < -0.3 is 24.9 Å². The predicted octanol–water partition coefficient (Wildman–Crippen LogP) is 5.34. The summed E-state index contributed by atoms with van der Waals surface area (Å²) in [7, 11) is 1.59. The number of nitrogens with zero attached hydrogens (tertiary/aromatic N) is 5. The third-order valence-corrected chi connectivity index (χ3v) is 10.0. The van der Waals surface area contributed by atoms with Crippen molar-refractivity contribution in [2.75, 3.05) is 33.4 Å². The molecule has 0 unspecified atom stereocenters. The maximum absolute atomic E-state index is 14.4. The predicted molar refractivity (Wildman–Crippen MR) is 170 cm³/mol. The molecular weight excluding hydrogens is 611 g/mol. The lowest BCUT2D eigenvalue weighted by Gasteiger charge is -2.46. The zero-order valence-electron chi connectivity index (χ0n) is 27.4. The van der Waals surface area contributed by atoms with Gasteiger partial charge in [0.1, 0.15) is 0 Å². The monoisotopic (exact) mass is 655 g/mol. The molecule has 47 heavy (non-hydrogen) atoms. The van der Waals surface area contributed by atoms with Gasteiger partial charge in [0, 0.05) is 45.1 Å². The Morgan fingerprint density at radius 2 is 1.77 bits per heavy atom. The van der Waals surface area contributed by atoms with Gasteiger partial charge in [0.2, 0.25) is 5.91 Å². The summed E-state index contributed by atoms with van der Waals surface area (Å²) in [4.78, 5) is 33.3. The molecule has 3 amide bonds. The second-order valence-corrected chi connectivity index (χ2v) is 12.9. The molecule has 0 spiro atoms. The molecule has 0 saturated carbocycles. The van der Waals surface area contributed by atoms with Gasteiger partial charge in [0.25, 0.3) is 0 Å². The molecule has 0 aliphatic carbocycles. The summed E-state index contributed by atoms with van der Waals surface area (Å²) in [5.74, 6) is -0.144. The molecule has 2 aliphatic heterocycles. The van der Waals surface area contributed by atoms with Crippen molar-refractivity contribution in [1.29, 1.82) is 0 Å². The number of hydrogen-bond donors (Lipinski definition) is 2. The zero-order chi connectivity index (χ0) is 34.1. The minimum Gasteiger partial charge on any atom is -0.396 e. The maximum Gasteiger partial charge on any atom is 0.416 e. The number of carbonyl (C=O) groups excluding carboxylic acids is 2. The second kappa shape index (κ2) is 13.7. The molecule has 2 aromatic carbocycles. The summed E-state index contributed by atoms with van der Waals surface area (Å²) in [6.07, 6.45) is -1.49. The number of alkyl halides is 3. The molecule has 2 fully saturated rings. The third kappa shape index (κ3) is 6.76. The SMILES string of the molecule is CCc1cc([C@@H](C)N(C)C(=O)N2CCN3C(=O)C(CCO)(CCO)C[C@H]3[C@@H]2c2cn(Cc3ccccc3)nc2C)cc(C(F)(F)F)c1. The number of carbonyl (C=O) groups is 2. The molecule has 3 atom stereocenters. The summed E-state index contributed by atoms with van der Waals surface area (Å²) in [6.45, 7) is 5.89. The molecule has 0 bridgehead atoms. The Kier molecular flexibility index (Phi) is 10.0. The molecular formula is C35H44F3N5O4. The Morgan fingerprint density at radius 1 is 1.09 bits per heavy atom. The van der Waals surface area contributed by atoms with E-state index in [0.29, 0.717) is 36.2 Å².